The van der Waals surface area contributed by atoms with E-state index < -0.39 is 0 Å². The Kier molecular flexibility index (Phi) is 2.10. The Morgan fingerprint density at radius 3 is 2.62 bits per heavy atom. The third-order valence-corrected chi connectivity index (χ3v) is 2.90. The fourth-order valence-corrected chi connectivity index (χ4v) is 1.96. The third kappa shape index (κ3) is 1.26. The molecule has 0 amide bonds. The molecule has 0 aromatic heterocycles. The van der Waals surface area contributed by atoms with Gasteiger partial charge in [0, 0.05) is 19.6 Å². The van der Waals surface area contributed by atoms with E-state index in [1.165, 1.54) is 5.56 Å². The van der Waals surface area contributed by atoms with Crippen LogP contribution >= 0.6 is 0 Å². The van der Waals surface area contributed by atoms with Crippen LogP contribution in [0.25, 0.3) is 0 Å². The van der Waals surface area contributed by atoms with E-state index in [9.17, 15) is 0 Å². The number of benzene rings is 1. The third-order valence-electron chi connectivity index (χ3n) is 2.90. The summed E-state index contributed by atoms with van der Waals surface area (Å²) in [7, 11) is 1.71. The van der Waals surface area contributed by atoms with Crippen molar-refractivity contribution >= 4 is 0 Å². The number of hydrogen-bond acceptors (Lipinski definition) is 2. The summed E-state index contributed by atoms with van der Waals surface area (Å²) in [6.45, 7) is 0.211. The van der Waals surface area contributed by atoms with Crippen LogP contribution in [0.1, 0.15) is 12.0 Å². The first-order valence-corrected chi connectivity index (χ1v) is 4.55. The Morgan fingerprint density at radius 2 is 2.15 bits per heavy atom. The van der Waals surface area contributed by atoms with Crippen LogP contribution in [0.2, 0.25) is 0 Å². The Morgan fingerprint density at radius 1 is 1.46 bits per heavy atom. The minimum Gasteiger partial charge on any atom is -0.396 e. The Balaban J connectivity index is 2.25. The molecular formula is C11H14O2. The Bertz CT molecular complexity index is 283. The maximum absolute atomic E-state index is 9.05. The zero-order valence-corrected chi connectivity index (χ0v) is 7.73. The molecule has 2 heteroatoms. The van der Waals surface area contributed by atoms with Crippen LogP contribution in [0.3, 0.4) is 0 Å². The fourth-order valence-electron chi connectivity index (χ4n) is 1.96. The van der Waals surface area contributed by atoms with Gasteiger partial charge in [-0.2, -0.15) is 0 Å². The quantitative estimate of drug-likeness (QED) is 0.760. The molecule has 1 N–H and O–H groups in total. The molecule has 1 saturated carbocycles. The van der Waals surface area contributed by atoms with Crippen molar-refractivity contribution < 1.29 is 9.84 Å². The van der Waals surface area contributed by atoms with Crippen LogP contribution < -0.4 is 0 Å². The smallest absolute Gasteiger partial charge is 0.0983 e. The summed E-state index contributed by atoms with van der Waals surface area (Å²) in [6, 6.07) is 10.1. The second-order valence-corrected chi connectivity index (χ2v) is 3.54. The van der Waals surface area contributed by atoms with Gasteiger partial charge in [-0.15, -0.1) is 0 Å². The number of hydrogen-bond donors (Lipinski definition) is 1. The summed E-state index contributed by atoms with van der Waals surface area (Å²) in [5.41, 5.74) is 0.979. The van der Waals surface area contributed by atoms with Gasteiger partial charge < -0.3 is 9.84 Å². The highest BCUT2D eigenvalue weighted by Crippen LogP contribution is 2.54. The minimum absolute atomic E-state index is 0.198. The maximum atomic E-state index is 9.05. The monoisotopic (exact) mass is 178 g/mol. The molecule has 13 heavy (non-hydrogen) atoms. The van der Waals surface area contributed by atoms with Gasteiger partial charge in [0.1, 0.15) is 0 Å². The highest BCUT2D eigenvalue weighted by molar-refractivity contribution is 5.30. The summed E-state index contributed by atoms with van der Waals surface area (Å²) >= 11 is 0. The van der Waals surface area contributed by atoms with Crippen LogP contribution in [0.4, 0.5) is 0 Å². The molecule has 0 bridgehead atoms. The maximum Gasteiger partial charge on any atom is 0.0983 e. The molecule has 0 aliphatic heterocycles. The first kappa shape index (κ1) is 8.73. The number of aliphatic hydroxyl groups excluding tert-OH is 1. The van der Waals surface area contributed by atoms with Gasteiger partial charge in [0.2, 0.25) is 0 Å². The molecule has 1 aliphatic carbocycles. The molecule has 1 aliphatic rings. The molecule has 1 aromatic carbocycles. The lowest BCUT2D eigenvalue weighted by Gasteiger charge is -2.15. The van der Waals surface area contributed by atoms with E-state index >= 15 is 0 Å². The molecule has 1 aromatic rings. The molecule has 0 saturated heterocycles. The minimum atomic E-state index is -0.198. The lowest BCUT2D eigenvalue weighted by molar-refractivity contribution is 0.0525. The molecular weight excluding hydrogens is 164 g/mol. The van der Waals surface area contributed by atoms with E-state index in [0.717, 1.165) is 6.42 Å². The highest BCUT2D eigenvalue weighted by Gasteiger charge is 2.55. The van der Waals surface area contributed by atoms with Gasteiger partial charge in [0.25, 0.3) is 0 Å². The average molecular weight is 178 g/mol. The van der Waals surface area contributed by atoms with Gasteiger partial charge in [-0.05, 0) is 12.0 Å². The predicted octanol–water partition coefficient (Wildman–Crippen LogP) is 1.54. The van der Waals surface area contributed by atoms with E-state index in [0.29, 0.717) is 0 Å². The Labute approximate surface area is 78.2 Å². The lowest BCUT2D eigenvalue weighted by Crippen LogP contribution is -2.14. The number of ether oxygens (including phenoxy) is 1. The van der Waals surface area contributed by atoms with Gasteiger partial charge >= 0.3 is 0 Å². The van der Waals surface area contributed by atoms with Crippen molar-refractivity contribution in [2.75, 3.05) is 13.7 Å². The van der Waals surface area contributed by atoms with Crippen molar-refractivity contribution in [3.05, 3.63) is 35.9 Å². The van der Waals surface area contributed by atoms with Crippen molar-refractivity contribution in [3.8, 4) is 0 Å². The topological polar surface area (TPSA) is 29.5 Å². The second-order valence-electron chi connectivity index (χ2n) is 3.54. The van der Waals surface area contributed by atoms with Crippen LogP contribution in [-0.2, 0) is 10.3 Å². The zero-order chi connectivity index (χ0) is 9.31. The van der Waals surface area contributed by atoms with Crippen LogP contribution in [0.15, 0.2) is 30.3 Å². The van der Waals surface area contributed by atoms with Gasteiger partial charge in [0.05, 0.1) is 5.60 Å². The van der Waals surface area contributed by atoms with E-state index in [-0.39, 0.29) is 18.1 Å². The highest BCUT2D eigenvalue weighted by atomic mass is 16.5. The van der Waals surface area contributed by atoms with Gasteiger partial charge in [-0.25, -0.2) is 0 Å². The van der Waals surface area contributed by atoms with Crippen molar-refractivity contribution in [2.24, 2.45) is 5.92 Å². The van der Waals surface area contributed by atoms with E-state index in [1.807, 2.05) is 18.2 Å². The van der Waals surface area contributed by atoms with Crippen LogP contribution in [-0.4, -0.2) is 18.8 Å². The van der Waals surface area contributed by atoms with Crippen LogP contribution in [0, 0.1) is 5.92 Å². The molecule has 2 rings (SSSR count). The van der Waals surface area contributed by atoms with Crippen molar-refractivity contribution in [2.45, 2.75) is 12.0 Å². The molecule has 0 spiro atoms. The SMILES string of the molecule is CO[C@@]1(c2ccccc2)C[C@@H]1CO. The number of methoxy groups -OCH3 is 1. The zero-order valence-electron chi connectivity index (χ0n) is 7.73. The summed E-state index contributed by atoms with van der Waals surface area (Å²) in [5, 5.41) is 9.05. The van der Waals surface area contributed by atoms with Crippen LogP contribution in [0.5, 0.6) is 0 Å². The number of aliphatic hydroxyl groups is 1. The van der Waals surface area contributed by atoms with E-state index in [1.54, 1.807) is 7.11 Å². The number of rotatable bonds is 3. The molecule has 1 fully saturated rings. The second kappa shape index (κ2) is 3.13. The predicted molar refractivity (Wildman–Crippen MR) is 50.3 cm³/mol. The van der Waals surface area contributed by atoms with Gasteiger partial charge in [0.15, 0.2) is 0 Å². The molecule has 0 heterocycles. The summed E-state index contributed by atoms with van der Waals surface area (Å²) in [4.78, 5) is 0. The molecule has 2 atom stereocenters. The lowest BCUT2D eigenvalue weighted by atomic mass is 10.1. The van der Waals surface area contributed by atoms with E-state index in [4.69, 9.17) is 9.84 Å². The standard InChI is InChI=1S/C11H14O2/c1-13-11(7-10(11)8-12)9-5-3-2-4-6-9/h2-6,10,12H,7-8H2,1H3/t10-,11-/m1/s1. The Hall–Kier alpha value is -0.860. The van der Waals surface area contributed by atoms with Crippen molar-refractivity contribution in [1.29, 1.82) is 0 Å². The normalized spacial score (nSPS) is 31.7. The molecule has 0 radical (unpaired) electrons. The molecule has 0 unspecified atom stereocenters. The fraction of sp³-hybridized carbons (Fsp3) is 0.455. The first-order valence-electron chi connectivity index (χ1n) is 4.55. The summed E-state index contributed by atoms with van der Waals surface area (Å²) in [5.74, 6) is 0.278. The summed E-state index contributed by atoms with van der Waals surface area (Å²) in [6.07, 6.45) is 0.935. The van der Waals surface area contributed by atoms with Crippen molar-refractivity contribution in [3.63, 3.8) is 0 Å². The first-order chi connectivity index (χ1) is 6.33. The molecule has 70 valence electrons. The van der Waals surface area contributed by atoms with Gasteiger partial charge in [-0.3, -0.25) is 0 Å². The average Bonchev–Trinajstić information content (AvgIpc) is 2.94. The summed E-state index contributed by atoms with van der Waals surface area (Å²) < 4.78 is 5.48. The van der Waals surface area contributed by atoms with Gasteiger partial charge in [-0.1, -0.05) is 30.3 Å². The van der Waals surface area contributed by atoms with Crippen molar-refractivity contribution in [1.82, 2.24) is 0 Å². The van der Waals surface area contributed by atoms with E-state index in [2.05, 4.69) is 12.1 Å². The largest absolute Gasteiger partial charge is 0.396 e. The molecule has 2 nitrogen and oxygen atoms in total.